The van der Waals surface area contributed by atoms with Crippen LogP contribution in [0.4, 0.5) is 4.39 Å². The molecule has 0 heterocycles. The van der Waals surface area contributed by atoms with Crippen LogP contribution in [0.3, 0.4) is 0 Å². The molecule has 0 bridgehead atoms. The van der Waals surface area contributed by atoms with Gasteiger partial charge in [-0.1, -0.05) is 6.42 Å². The van der Waals surface area contributed by atoms with Crippen LogP contribution in [-0.2, 0) is 4.79 Å². The molecule has 1 aliphatic rings. The largest absolute Gasteiger partial charge is 0.481 e. The fourth-order valence-corrected chi connectivity index (χ4v) is 1.44. The van der Waals surface area contributed by atoms with Gasteiger partial charge in [0.05, 0.1) is 5.41 Å². The maximum atomic E-state index is 13.5. The molecule has 1 saturated carbocycles. The number of rotatable bonds is 3. The SMILES string of the molecule is CC(C)(C(=O)O)C(F)C1CCC1. The van der Waals surface area contributed by atoms with Gasteiger partial charge in [0.15, 0.2) is 0 Å². The van der Waals surface area contributed by atoms with Gasteiger partial charge in [-0.15, -0.1) is 0 Å². The van der Waals surface area contributed by atoms with E-state index in [4.69, 9.17) is 5.11 Å². The minimum absolute atomic E-state index is 0.0175. The highest BCUT2D eigenvalue weighted by molar-refractivity contribution is 5.74. The summed E-state index contributed by atoms with van der Waals surface area (Å²) in [4.78, 5) is 10.7. The molecule has 1 atom stereocenters. The van der Waals surface area contributed by atoms with Crippen molar-refractivity contribution < 1.29 is 14.3 Å². The van der Waals surface area contributed by atoms with Crippen molar-refractivity contribution in [1.82, 2.24) is 0 Å². The second-order valence-corrected chi connectivity index (χ2v) is 4.12. The normalized spacial score (nSPS) is 21.6. The number of aliphatic carboxylic acids is 1. The van der Waals surface area contributed by atoms with E-state index < -0.39 is 17.6 Å². The lowest BCUT2D eigenvalue weighted by molar-refractivity contribution is -0.153. The van der Waals surface area contributed by atoms with E-state index >= 15 is 0 Å². The number of alkyl halides is 1. The summed E-state index contributed by atoms with van der Waals surface area (Å²) in [6.07, 6.45) is 1.54. The molecule has 0 radical (unpaired) electrons. The fourth-order valence-electron chi connectivity index (χ4n) is 1.44. The maximum absolute atomic E-state index is 13.5. The zero-order valence-corrected chi connectivity index (χ0v) is 7.51. The molecule has 0 aliphatic heterocycles. The first-order valence-corrected chi connectivity index (χ1v) is 4.33. The Hall–Kier alpha value is -0.600. The summed E-state index contributed by atoms with van der Waals surface area (Å²) in [6.45, 7) is 2.91. The minimum atomic E-state index is -1.22. The quantitative estimate of drug-likeness (QED) is 0.712. The summed E-state index contributed by atoms with van der Waals surface area (Å²) in [5, 5.41) is 8.74. The van der Waals surface area contributed by atoms with E-state index in [2.05, 4.69) is 0 Å². The number of halogens is 1. The number of hydrogen-bond acceptors (Lipinski definition) is 1. The van der Waals surface area contributed by atoms with Gasteiger partial charge in [-0.25, -0.2) is 4.39 Å². The predicted octanol–water partition coefficient (Wildman–Crippen LogP) is 2.24. The molecule has 0 saturated heterocycles. The van der Waals surface area contributed by atoms with E-state index in [-0.39, 0.29) is 5.92 Å². The van der Waals surface area contributed by atoms with E-state index in [0.717, 1.165) is 19.3 Å². The zero-order chi connectivity index (χ0) is 9.35. The monoisotopic (exact) mass is 174 g/mol. The van der Waals surface area contributed by atoms with Gasteiger partial charge in [-0.05, 0) is 32.6 Å². The van der Waals surface area contributed by atoms with E-state index in [0.29, 0.717) is 0 Å². The third kappa shape index (κ3) is 1.45. The van der Waals surface area contributed by atoms with Crippen molar-refractivity contribution >= 4 is 5.97 Å². The summed E-state index contributed by atoms with van der Waals surface area (Å²) in [6, 6.07) is 0. The van der Waals surface area contributed by atoms with Crippen molar-refractivity contribution in [2.75, 3.05) is 0 Å². The Balaban J connectivity index is 2.59. The molecule has 1 N–H and O–H groups in total. The predicted molar refractivity (Wildman–Crippen MR) is 43.7 cm³/mol. The summed E-state index contributed by atoms with van der Waals surface area (Å²) < 4.78 is 13.5. The molecule has 12 heavy (non-hydrogen) atoms. The van der Waals surface area contributed by atoms with Gasteiger partial charge in [0.2, 0.25) is 0 Å². The molecule has 0 spiro atoms. The third-order valence-electron chi connectivity index (χ3n) is 2.80. The topological polar surface area (TPSA) is 37.3 Å². The third-order valence-corrected chi connectivity index (χ3v) is 2.80. The van der Waals surface area contributed by atoms with E-state index in [1.165, 1.54) is 13.8 Å². The van der Waals surface area contributed by atoms with Crippen molar-refractivity contribution in [2.45, 2.75) is 39.3 Å². The average molecular weight is 174 g/mol. The summed E-state index contributed by atoms with van der Waals surface area (Å²) in [7, 11) is 0. The summed E-state index contributed by atoms with van der Waals surface area (Å²) >= 11 is 0. The van der Waals surface area contributed by atoms with E-state index in [9.17, 15) is 9.18 Å². The Morgan fingerprint density at radius 3 is 2.33 bits per heavy atom. The molecule has 70 valence electrons. The Morgan fingerprint density at radius 2 is 2.08 bits per heavy atom. The molecule has 0 aromatic carbocycles. The Kier molecular flexibility index (Phi) is 2.40. The van der Waals surface area contributed by atoms with Crippen LogP contribution in [0.1, 0.15) is 33.1 Å². The van der Waals surface area contributed by atoms with Gasteiger partial charge in [0.25, 0.3) is 0 Å². The molecule has 0 aromatic heterocycles. The van der Waals surface area contributed by atoms with E-state index in [1.54, 1.807) is 0 Å². The van der Waals surface area contributed by atoms with Gasteiger partial charge in [0, 0.05) is 0 Å². The van der Waals surface area contributed by atoms with Crippen molar-refractivity contribution in [2.24, 2.45) is 11.3 Å². The molecule has 1 unspecified atom stereocenters. The first kappa shape index (κ1) is 9.49. The Morgan fingerprint density at radius 1 is 1.58 bits per heavy atom. The lowest BCUT2D eigenvalue weighted by Gasteiger charge is -2.35. The lowest BCUT2D eigenvalue weighted by Crippen LogP contribution is -2.41. The molecule has 0 amide bonds. The van der Waals surface area contributed by atoms with Gasteiger partial charge in [-0.2, -0.15) is 0 Å². The minimum Gasteiger partial charge on any atom is -0.481 e. The molecule has 1 fully saturated rings. The molecular formula is C9H15FO2. The summed E-state index contributed by atoms with van der Waals surface area (Å²) in [5.41, 5.74) is -1.22. The molecule has 2 nitrogen and oxygen atoms in total. The highest BCUT2D eigenvalue weighted by atomic mass is 19.1. The first-order chi connectivity index (χ1) is 5.46. The van der Waals surface area contributed by atoms with Crippen LogP contribution in [-0.4, -0.2) is 17.2 Å². The van der Waals surface area contributed by atoms with Crippen LogP contribution in [0.25, 0.3) is 0 Å². The Labute approximate surface area is 71.8 Å². The zero-order valence-electron chi connectivity index (χ0n) is 7.51. The van der Waals surface area contributed by atoms with Gasteiger partial charge in [-0.3, -0.25) is 4.79 Å². The van der Waals surface area contributed by atoms with Crippen molar-refractivity contribution in [3.8, 4) is 0 Å². The molecule has 1 aliphatic carbocycles. The van der Waals surface area contributed by atoms with Crippen LogP contribution < -0.4 is 0 Å². The van der Waals surface area contributed by atoms with Crippen LogP contribution in [0.15, 0.2) is 0 Å². The van der Waals surface area contributed by atoms with Crippen molar-refractivity contribution in [3.05, 3.63) is 0 Å². The van der Waals surface area contributed by atoms with Crippen LogP contribution in [0, 0.1) is 11.3 Å². The van der Waals surface area contributed by atoms with Crippen LogP contribution in [0.2, 0.25) is 0 Å². The second kappa shape index (κ2) is 3.04. The van der Waals surface area contributed by atoms with Gasteiger partial charge >= 0.3 is 5.97 Å². The molecule has 3 heteroatoms. The average Bonchev–Trinajstić information content (AvgIpc) is 1.83. The number of carbonyl (C=O) groups is 1. The van der Waals surface area contributed by atoms with Crippen molar-refractivity contribution in [1.29, 1.82) is 0 Å². The van der Waals surface area contributed by atoms with E-state index in [1.807, 2.05) is 0 Å². The van der Waals surface area contributed by atoms with Gasteiger partial charge in [0.1, 0.15) is 6.17 Å². The summed E-state index contributed by atoms with van der Waals surface area (Å²) in [5.74, 6) is -1.06. The fraction of sp³-hybridized carbons (Fsp3) is 0.889. The second-order valence-electron chi connectivity index (χ2n) is 4.12. The number of hydrogen-bond donors (Lipinski definition) is 1. The highest BCUT2D eigenvalue weighted by Gasteiger charge is 2.43. The van der Waals surface area contributed by atoms with Crippen LogP contribution in [0.5, 0.6) is 0 Å². The number of carboxylic acid groups (broad SMARTS) is 1. The first-order valence-electron chi connectivity index (χ1n) is 4.33. The number of carboxylic acids is 1. The van der Waals surface area contributed by atoms with Gasteiger partial charge < -0.3 is 5.11 Å². The van der Waals surface area contributed by atoms with Crippen LogP contribution >= 0.6 is 0 Å². The molecule has 1 rings (SSSR count). The highest BCUT2D eigenvalue weighted by Crippen LogP contribution is 2.39. The standard InChI is InChI=1S/C9H15FO2/c1-9(2,8(11)12)7(10)6-4-3-5-6/h6-7H,3-5H2,1-2H3,(H,11,12). The van der Waals surface area contributed by atoms with Crippen molar-refractivity contribution in [3.63, 3.8) is 0 Å². The lowest BCUT2D eigenvalue weighted by atomic mass is 9.72. The Bertz CT molecular complexity index is 185. The smallest absolute Gasteiger partial charge is 0.312 e. The molecular weight excluding hydrogens is 159 g/mol. The maximum Gasteiger partial charge on any atom is 0.312 e. The molecule has 0 aromatic rings.